The van der Waals surface area contributed by atoms with E-state index in [4.69, 9.17) is 10.5 Å². The minimum Gasteiger partial charge on any atom is -0.459 e. The largest absolute Gasteiger partial charge is 0.459 e. The molecule has 0 heterocycles. The van der Waals surface area contributed by atoms with Crippen molar-refractivity contribution in [1.82, 2.24) is 0 Å². The summed E-state index contributed by atoms with van der Waals surface area (Å²) in [6.45, 7) is 4.48. The SMILES string of the molecule is CC1CCC(OC(=O)c2cccc(Br)c2N)CC1C. The molecule has 0 spiro atoms. The maximum absolute atomic E-state index is 12.2. The van der Waals surface area contributed by atoms with Crippen LogP contribution in [-0.4, -0.2) is 12.1 Å². The second-order valence-corrected chi connectivity index (χ2v) is 6.35. The fourth-order valence-electron chi connectivity index (χ4n) is 2.54. The van der Waals surface area contributed by atoms with Gasteiger partial charge in [-0.1, -0.05) is 19.9 Å². The van der Waals surface area contributed by atoms with Crippen molar-refractivity contribution in [2.24, 2.45) is 11.8 Å². The zero-order valence-electron chi connectivity index (χ0n) is 11.4. The second kappa shape index (κ2) is 5.95. The number of nitrogen functional groups attached to an aromatic ring is 1. The Labute approximate surface area is 122 Å². The van der Waals surface area contributed by atoms with Crippen LogP contribution in [0.4, 0.5) is 5.69 Å². The van der Waals surface area contributed by atoms with E-state index in [0.717, 1.165) is 23.7 Å². The van der Waals surface area contributed by atoms with Crippen LogP contribution in [0, 0.1) is 11.8 Å². The molecule has 0 aliphatic heterocycles. The Morgan fingerprint density at radius 3 is 2.74 bits per heavy atom. The van der Waals surface area contributed by atoms with Gasteiger partial charge in [-0.05, 0) is 59.2 Å². The van der Waals surface area contributed by atoms with Gasteiger partial charge in [0.1, 0.15) is 6.10 Å². The molecule has 3 unspecified atom stereocenters. The van der Waals surface area contributed by atoms with Crippen molar-refractivity contribution in [3.8, 4) is 0 Å². The molecule has 3 atom stereocenters. The number of halogens is 1. The number of rotatable bonds is 2. The third-order valence-corrected chi connectivity index (χ3v) is 4.79. The first kappa shape index (κ1) is 14.4. The van der Waals surface area contributed by atoms with Gasteiger partial charge in [0.2, 0.25) is 0 Å². The van der Waals surface area contributed by atoms with Crippen LogP contribution < -0.4 is 5.73 Å². The normalized spacial score (nSPS) is 27.0. The molecule has 1 aliphatic rings. The number of benzene rings is 1. The molecule has 1 fully saturated rings. The minimum absolute atomic E-state index is 0.0251. The summed E-state index contributed by atoms with van der Waals surface area (Å²) in [5, 5.41) is 0. The predicted molar refractivity (Wildman–Crippen MR) is 79.9 cm³/mol. The number of hydrogen-bond donors (Lipinski definition) is 1. The van der Waals surface area contributed by atoms with Gasteiger partial charge >= 0.3 is 5.97 Å². The number of para-hydroxylation sites is 1. The topological polar surface area (TPSA) is 52.3 Å². The maximum atomic E-state index is 12.2. The monoisotopic (exact) mass is 325 g/mol. The van der Waals surface area contributed by atoms with Crippen LogP contribution in [0.25, 0.3) is 0 Å². The van der Waals surface area contributed by atoms with E-state index in [0.29, 0.717) is 23.1 Å². The summed E-state index contributed by atoms with van der Waals surface area (Å²) in [5.41, 5.74) is 6.78. The average Bonchev–Trinajstić information content (AvgIpc) is 2.37. The van der Waals surface area contributed by atoms with Gasteiger partial charge in [0.15, 0.2) is 0 Å². The van der Waals surface area contributed by atoms with Crippen molar-refractivity contribution >= 4 is 27.6 Å². The molecule has 2 rings (SSSR count). The van der Waals surface area contributed by atoms with Crippen LogP contribution in [0.3, 0.4) is 0 Å². The van der Waals surface area contributed by atoms with Crippen LogP contribution in [0.1, 0.15) is 43.5 Å². The second-order valence-electron chi connectivity index (χ2n) is 5.50. The van der Waals surface area contributed by atoms with Gasteiger partial charge in [0.05, 0.1) is 11.3 Å². The molecule has 0 bridgehead atoms. The number of carbonyl (C=O) groups excluding carboxylic acids is 1. The number of carbonyl (C=O) groups is 1. The Morgan fingerprint density at radius 2 is 2.05 bits per heavy atom. The highest BCUT2D eigenvalue weighted by molar-refractivity contribution is 9.10. The smallest absolute Gasteiger partial charge is 0.340 e. The lowest BCUT2D eigenvalue weighted by Crippen LogP contribution is -2.29. The van der Waals surface area contributed by atoms with Crippen molar-refractivity contribution in [3.05, 3.63) is 28.2 Å². The number of anilines is 1. The van der Waals surface area contributed by atoms with E-state index in [-0.39, 0.29) is 12.1 Å². The van der Waals surface area contributed by atoms with E-state index in [1.54, 1.807) is 12.1 Å². The first-order chi connectivity index (χ1) is 8.99. The summed E-state index contributed by atoms with van der Waals surface area (Å²) in [6, 6.07) is 5.32. The van der Waals surface area contributed by atoms with E-state index < -0.39 is 0 Å². The third kappa shape index (κ3) is 3.30. The lowest BCUT2D eigenvalue weighted by atomic mass is 9.80. The molecule has 104 valence electrons. The molecule has 1 aromatic carbocycles. The van der Waals surface area contributed by atoms with E-state index in [2.05, 4.69) is 29.8 Å². The molecule has 0 aromatic heterocycles. The highest BCUT2D eigenvalue weighted by Crippen LogP contribution is 2.32. The standard InChI is InChI=1S/C15H20BrNO2/c1-9-6-7-11(8-10(9)2)19-15(18)12-4-3-5-13(16)14(12)17/h3-5,9-11H,6-8,17H2,1-2H3. The number of hydrogen-bond acceptors (Lipinski definition) is 3. The fraction of sp³-hybridized carbons (Fsp3) is 0.533. The minimum atomic E-state index is -0.314. The summed E-state index contributed by atoms with van der Waals surface area (Å²) in [5.74, 6) is 1.00. The molecular formula is C15H20BrNO2. The van der Waals surface area contributed by atoms with Gasteiger partial charge in [-0.2, -0.15) is 0 Å². The molecule has 19 heavy (non-hydrogen) atoms. The van der Waals surface area contributed by atoms with E-state index in [1.807, 2.05) is 6.07 Å². The Kier molecular flexibility index (Phi) is 4.50. The highest BCUT2D eigenvalue weighted by atomic mass is 79.9. The molecule has 0 saturated heterocycles. The van der Waals surface area contributed by atoms with Gasteiger partial charge in [0.25, 0.3) is 0 Å². The highest BCUT2D eigenvalue weighted by Gasteiger charge is 2.27. The summed E-state index contributed by atoms with van der Waals surface area (Å²) in [6.07, 6.45) is 3.04. The molecule has 0 amide bonds. The van der Waals surface area contributed by atoms with Crippen LogP contribution in [-0.2, 0) is 4.74 Å². The number of ether oxygens (including phenoxy) is 1. The Balaban J connectivity index is 2.03. The van der Waals surface area contributed by atoms with Crippen LogP contribution in [0.15, 0.2) is 22.7 Å². The quantitative estimate of drug-likeness (QED) is 0.660. The van der Waals surface area contributed by atoms with E-state index in [1.165, 1.54) is 0 Å². The van der Waals surface area contributed by atoms with Gasteiger partial charge in [0, 0.05) is 4.47 Å². The zero-order chi connectivity index (χ0) is 14.0. The van der Waals surface area contributed by atoms with Gasteiger partial charge < -0.3 is 10.5 Å². The molecule has 1 aromatic rings. The summed E-state index contributed by atoms with van der Waals surface area (Å²) >= 11 is 3.32. The van der Waals surface area contributed by atoms with Crippen molar-refractivity contribution in [1.29, 1.82) is 0 Å². The lowest BCUT2D eigenvalue weighted by Gasteiger charge is -2.31. The first-order valence-electron chi connectivity index (χ1n) is 6.74. The van der Waals surface area contributed by atoms with E-state index in [9.17, 15) is 4.79 Å². The van der Waals surface area contributed by atoms with E-state index >= 15 is 0 Å². The van der Waals surface area contributed by atoms with Crippen LogP contribution >= 0.6 is 15.9 Å². The van der Waals surface area contributed by atoms with Crippen LogP contribution in [0.2, 0.25) is 0 Å². The molecule has 2 N–H and O–H groups in total. The summed E-state index contributed by atoms with van der Waals surface area (Å²) in [7, 11) is 0. The average molecular weight is 326 g/mol. The van der Waals surface area contributed by atoms with Crippen molar-refractivity contribution in [2.75, 3.05) is 5.73 Å². The predicted octanol–water partition coefficient (Wildman–Crippen LogP) is 4.01. The Bertz CT molecular complexity index is 475. The van der Waals surface area contributed by atoms with Crippen molar-refractivity contribution in [3.63, 3.8) is 0 Å². The lowest BCUT2D eigenvalue weighted by molar-refractivity contribution is 0.00889. The van der Waals surface area contributed by atoms with Gasteiger partial charge in [-0.3, -0.25) is 0 Å². The third-order valence-electron chi connectivity index (χ3n) is 4.10. The molecule has 0 radical (unpaired) electrons. The van der Waals surface area contributed by atoms with Gasteiger partial charge in [-0.15, -0.1) is 0 Å². The summed E-state index contributed by atoms with van der Waals surface area (Å²) < 4.78 is 6.32. The molecule has 3 nitrogen and oxygen atoms in total. The van der Waals surface area contributed by atoms with Crippen molar-refractivity contribution < 1.29 is 9.53 Å². The summed E-state index contributed by atoms with van der Waals surface area (Å²) in [4.78, 5) is 12.2. The van der Waals surface area contributed by atoms with Crippen LogP contribution in [0.5, 0.6) is 0 Å². The fourth-order valence-corrected chi connectivity index (χ4v) is 2.90. The zero-order valence-corrected chi connectivity index (χ0v) is 12.9. The molecule has 4 heteroatoms. The van der Waals surface area contributed by atoms with Gasteiger partial charge in [-0.25, -0.2) is 4.79 Å². The molecular weight excluding hydrogens is 306 g/mol. The Morgan fingerprint density at radius 1 is 1.32 bits per heavy atom. The first-order valence-corrected chi connectivity index (χ1v) is 7.53. The van der Waals surface area contributed by atoms with Crippen molar-refractivity contribution in [2.45, 2.75) is 39.2 Å². The Hall–Kier alpha value is -1.03. The molecule has 1 aliphatic carbocycles. The number of esters is 1. The molecule has 1 saturated carbocycles. The number of nitrogens with two attached hydrogens (primary N) is 1. The maximum Gasteiger partial charge on any atom is 0.340 e.